The fraction of sp³-hybridized carbons (Fsp3) is 0.0833. The van der Waals surface area contributed by atoms with Gasteiger partial charge < -0.3 is 0 Å². The number of aryl methyl sites for hydroxylation is 2. The molecule has 9 aromatic rings. The van der Waals surface area contributed by atoms with Crippen LogP contribution in [0.2, 0.25) is 0 Å². The van der Waals surface area contributed by atoms with E-state index < -0.39 is 0 Å². The molecule has 0 saturated heterocycles. The molecule has 0 bridgehead atoms. The first kappa shape index (κ1) is 30.0. The summed E-state index contributed by atoms with van der Waals surface area (Å²) >= 11 is 0. The summed E-state index contributed by atoms with van der Waals surface area (Å²) in [5, 5.41) is 7.39. The van der Waals surface area contributed by atoms with Crippen LogP contribution in [-0.4, -0.2) is 9.97 Å². The third-order valence-corrected chi connectivity index (χ3v) is 10.2. The van der Waals surface area contributed by atoms with Gasteiger partial charge in [-0.25, -0.2) is 0 Å². The number of rotatable bonds is 6. The summed E-state index contributed by atoms with van der Waals surface area (Å²) < 4.78 is 0. The largest absolute Gasteiger partial charge is 0.250 e. The Kier molecular flexibility index (Phi) is 7.43. The Morgan fingerprint density at radius 3 is 1.22 bits per heavy atom. The number of nitrogens with zero attached hydrogens (tertiary/aromatic N) is 2. The van der Waals surface area contributed by atoms with Gasteiger partial charge in [0.15, 0.2) is 0 Å². The average molecular weight is 641 g/mol. The van der Waals surface area contributed by atoms with E-state index in [0.29, 0.717) is 0 Å². The van der Waals surface area contributed by atoms with Gasteiger partial charge in [0.25, 0.3) is 0 Å². The first-order valence-corrected chi connectivity index (χ1v) is 17.4. The van der Waals surface area contributed by atoms with E-state index >= 15 is 0 Å². The van der Waals surface area contributed by atoms with E-state index in [2.05, 4.69) is 172 Å². The first-order chi connectivity index (χ1) is 24.6. The van der Waals surface area contributed by atoms with Crippen molar-refractivity contribution in [3.05, 3.63) is 191 Å². The number of pyridine rings is 2. The standard InChI is InChI=1S/C48H36N2/c1-31-13-9-19-35-21-11-23-37(45(31)35)27-39-29-43(33-15-5-3-6-16-33)41-25-26-42-44(34-17-7-4-8-18-34)30-40(50-48(42)47(41)49-39)28-38-24-12-22-36-20-10-14-32(2)46(36)38/h3-26,29-30H,27-28H2,1-2H3. The molecule has 0 aliphatic rings. The molecule has 0 spiro atoms. The lowest BCUT2D eigenvalue weighted by atomic mass is 9.92. The molecule has 2 heteroatoms. The van der Waals surface area contributed by atoms with Gasteiger partial charge >= 0.3 is 0 Å². The molecule has 238 valence electrons. The molecule has 9 rings (SSSR count). The third kappa shape index (κ3) is 5.30. The number of hydrogen-bond acceptors (Lipinski definition) is 2. The Labute approximate surface area is 292 Å². The Morgan fingerprint density at radius 1 is 0.400 bits per heavy atom. The second-order valence-electron chi connectivity index (χ2n) is 13.4. The predicted molar refractivity (Wildman–Crippen MR) is 211 cm³/mol. The van der Waals surface area contributed by atoms with Crippen molar-refractivity contribution in [3.63, 3.8) is 0 Å². The minimum atomic E-state index is 0.731. The summed E-state index contributed by atoms with van der Waals surface area (Å²) in [6.45, 7) is 4.41. The Bertz CT molecular complexity index is 2510. The van der Waals surface area contributed by atoms with Gasteiger partial charge in [-0.1, -0.05) is 146 Å². The molecule has 0 aliphatic carbocycles. The smallest absolute Gasteiger partial charge is 0.0974 e. The van der Waals surface area contributed by atoms with Crippen LogP contribution in [0.3, 0.4) is 0 Å². The average Bonchev–Trinajstić information content (AvgIpc) is 3.15. The molecule has 2 nitrogen and oxygen atoms in total. The van der Waals surface area contributed by atoms with Crippen LogP contribution < -0.4 is 0 Å². The molecule has 50 heavy (non-hydrogen) atoms. The molecule has 0 radical (unpaired) electrons. The summed E-state index contributed by atoms with van der Waals surface area (Å²) in [6, 6.07) is 56.9. The first-order valence-electron chi connectivity index (χ1n) is 17.4. The van der Waals surface area contributed by atoms with Gasteiger partial charge in [0.1, 0.15) is 0 Å². The van der Waals surface area contributed by atoms with E-state index in [-0.39, 0.29) is 0 Å². The van der Waals surface area contributed by atoms with E-state index in [1.165, 1.54) is 66.1 Å². The lowest BCUT2D eigenvalue weighted by molar-refractivity contribution is 1.10. The molecule has 0 aliphatic heterocycles. The molecule has 0 saturated carbocycles. The topological polar surface area (TPSA) is 25.8 Å². The van der Waals surface area contributed by atoms with E-state index in [1.54, 1.807) is 0 Å². The molecule has 0 amide bonds. The fourth-order valence-electron chi connectivity index (χ4n) is 7.90. The van der Waals surface area contributed by atoms with Crippen molar-refractivity contribution in [1.29, 1.82) is 0 Å². The van der Waals surface area contributed by atoms with Crippen LogP contribution in [0.4, 0.5) is 0 Å². The van der Waals surface area contributed by atoms with Gasteiger partial charge in [-0.2, -0.15) is 0 Å². The van der Waals surface area contributed by atoms with Crippen molar-refractivity contribution in [1.82, 2.24) is 9.97 Å². The molecular weight excluding hydrogens is 605 g/mol. The predicted octanol–water partition coefficient (Wildman–Crippen LogP) is 12.2. The molecule has 2 heterocycles. The molecule has 0 fully saturated rings. The van der Waals surface area contributed by atoms with Crippen LogP contribution in [0.25, 0.3) is 65.6 Å². The normalized spacial score (nSPS) is 11.6. The van der Waals surface area contributed by atoms with Crippen molar-refractivity contribution in [2.45, 2.75) is 26.7 Å². The van der Waals surface area contributed by atoms with Crippen LogP contribution in [0.15, 0.2) is 158 Å². The molecular formula is C48H36N2. The van der Waals surface area contributed by atoms with Gasteiger partial charge in [0, 0.05) is 35.0 Å². The van der Waals surface area contributed by atoms with E-state index in [4.69, 9.17) is 9.97 Å². The zero-order valence-electron chi connectivity index (χ0n) is 28.3. The number of benzene rings is 7. The lowest BCUT2D eigenvalue weighted by Gasteiger charge is -2.16. The summed E-state index contributed by atoms with van der Waals surface area (Å²) in [5.74, 6) is 0. The zero-order chi connectivity index (χ0) is 33.6. The van der Waals surface area contributed by atoms with Gasteiger partial charge in [-0.05, 0) is 92.0 Å². The summed E-state index contributed by atoms with van der Waals surface area (Å²) in [6.07, 6.45) is 1.46. The molecule has 0 N–H and O–H groups in total. The van der Waals surface area contributed by atoms with Crippen LogP contribution in [-0.2, 0) is 12.8 Å². The number of fused-ring (bicyclic) bond motifs is 5. The zero-order valence-corrected chi connectivity index (χ0v) is 28.3. The lowest BCUT2D eigenvalue weighted by Crippen LogP contribution is -2.01. The SMILES string of the molecule is Cc1cccc2cccc(Cc3cc(-c4ccccc4)c4ccc5c(-c6ccccc6)cc(Cc6cccc7cccc(C)c67)nc5c4n3)c12. The number of aromatic nitrogens is 2. The van der Waals surface area contributed by atoms with Gasteiger partial charge in [0.2, 0.25) is 0 Å². The quantitative estimate of drug-likeness (QED) is 0.169. The fourth-order valence-corrected chi connectivity index (χ4v) is 7.90. The van der Waals surface area contributed by atoms with Crippen molar-refractivity contribution in [3.8, 4) is 22.3 Å². The van der Waals surface area contributed by atoms with Crippen molar-refractivity contribution in [2.24, 2.45) is 0 Å². The minimum Gasteiger partial charge on any atom is -0.250 e. The van der Waals surface area contributed by atoms with E-state index in [0.717, 1.165) is 46.0 Å². The van der Waals surface area contributed by atoms with Gasteiger partial charge in [0.05, 0.1) is 11.0 Å². The Morgan fingerprint density at radius 2 is 0.800 bits per heavy atom. The summed E-state index contributed by atoms with van der Waals surface area (Å²) in [5.41, 5.74) is 13.9. The summed E-state index contributed by atoms with van der Waals surface area (Å²) in [4.78, 5) is 11.0. The highest BCUT2D eigenvalue weighted by atomic mass is 14.8. The van der Waals surface area contributed by atoms with Gasteiger partial charge in [-0.3, -0.25) is 9.97 Å². The third-order valence-electron chi connectivity index (χ3n) is 10.2. The van der Waals surface area contributed by atoms with Crippen LogP contribution in [0, 0.1) is 13.8 Å². The maximum absolute atomic E-state index is 5.51. The molecule has 7 aromatic carbocycles. The highest BCUT2D eigenvalue weighted by Gasteiger charge is 2.17. The van der Waals surface area contributed by atoms with E-state index in [9.17, 15) is 0 Å². The van der Waals surface area contributed by atoms with Crippen LogP contribution in [0.1, 0.15) is 33.6 Å². The molecule has 0 atom stereocenters. The maximum atomic E-state index is 5.51. The monoisotopic (exact) mass is 640 g/mol. The van der Waals surface area contributed by atoms with Crippen molar-refractivity contribution in [2.75, 3.05) is 0 Å². The Hall–Kier alpha value is -6.12. The van der Waals surface area contributed by atoms with Crippen LogP contribution in [0.5, 0.6) is 0 Å². The minimum absolute atomic E-state index is 0.731. The maximum Gasteiger partial charge on any atom is 0.0974 e. The highest BCUT2D eigenvalue weighted by molar-refractivity contribution is 6.12. The van der Waals surface area contributed by atoms with Crippen molar-refractivity contribution < 1.29 is 0 Å². The Balaban J connectivity index is 1.31. The van der Waals surface area contributed by atoms with Gasteiger partial charge in [-0.15, -0.1) is 0 Å². The second-order valence-corrected chi connectivity index (χ2v) is 13.4. The second kappa shape index (κ2) is 12.4. The molecule has 2 aromatic heterocycles. The van der Waals surface area contributed by atoms with Crippen molar-refractivity contribution >= 4 is 43.4 Å². The molecule has 0 unspecified atom stereocenters. The highest BCUT2D eigenvalue weighted by Crippen LogP contribution is 2.38. The van der Waals surface area contributed by atoms with E-state index in [1.807, 2.05) is 0 Å². The summed E-state index contributed by atoms with van der Waals surface area (Å²) in [7, 11) is 0. The number of hydrogen-bond donors (Lipinski definition) is 0. The van der Waals surface area contributed by atoms with Crippen LogP contribution >= 0.6 is 0 Å².